The van der Waals surface area contributed by atoms with Gasteiger partial charge in [0.05, 0.1) is 0 Å². The van der Waals surface area contributed by atoms with Crippen LogP contribution in [-0.2, 0) is 0 Å². The van der Waals surface area contributed by atoms with Gasteiger partial charge in [0.1, 0.15) is 5.82 Å². The Bertz CT molecular complexity index is 398. The summed E-state index contributed by atoms with van der Waals surface area (Å²) in [5.74, 6) is -0.801. The summed E-state index contributed by atoms with van der Waals surface area (Å²) in [6, 6.07) is 2.66. The minimum absolute atomic E-state index is 0.160. The largest absolute Gasteiger partial charge is 0.398 e. The molecule has 4 N–H and O–H groups in total. The molecular formula is C13H19FN2O2. The zero-order valence-corrected chi connectivity index (χ0v) is 10.5. The van der Waals surface area contributed by atoms with E-state index in [1.165, 1.54) is 12.1 Å². The van der Waals surface area contributed by atoms with E-state index in [0.717, 1.165) is 19.3 Å². The zero-order valence-electron chi connectivity index (χ0n) is 10.5. The topological polar surface area (TPSA) is 75.4 Å². The lowest BCUT2D eigenvalue weighted by Gasteiger charge is -2.08. The summed E-state index contributed by atoms with van der Waals surface area (Å²) >= 11 is 0. The summed E-state index contributed by atoms with van der Waals surface area (Å²) < 4.78 is 13.4. The molecule has 0 aliphatic rings. The molecule has 0 aromatic heterocycles. The summed E-state index contributed by atoms with van der Waals surface area (Å²) in [4.78, 5) is 11.7. The van der Waals surface area contributed by atoms with E-state index in [-0.39, 0.29) is 23.8 Å². The molecule has 0 aliphatic heterocycles. The van der Waals surface area contributed by atoms with Gasteiger partial charge in [-0.3, -0.25) is 4.79 Å². The second kappa shape index (κ2) is 6.96. The molecule has 0 atom stereocenters. The molecule has 0 radical (unpaired) electrons. The van der Waals surface area contributed by atoms with Crippen molar-refractivity contribution in [3.8, 4) is 0 Å². The Morgan fingerprint density at radius 1 is 1.39 bits per heavy atom. The van der Waals surface area contributed by atoms with Crippen LogP contribution in [0.1, 0.15) is 35.2 Å². The average molecular weight is 254 g/mol. The Balaban J connectivity index is 2.52. The van der Waals surface area contributed by atoms with Gasteiger partial charge in [0.2, 0.25) is 0 Å². The molecule has 0 unspecified atom stereocenters. The van der Waals surface area contributed by atoms with E-state index in [2.05, 4.69) is 5.32 Å². The molecule has 0 fully saturated rings. The molecule has 1 amide bonds. The first-order valence-electron chi connectivity index (χ1n) is 6.01. The zero-order chi connectivity index (χ0) is 13.5. The first kappa shape index (κ1) is 14.4. The van der Waals surface area contributed by atoms with Crippen molar-refractivity contribution in [3.63, 3.8) is 0 Å². The number of hydrogen-bond donors (Lipinski definition) is 3. The molecule has 5 heteroatoms. The maximum absolute atomic E-state index is 13.4. The molecule has 4 nitrogen and oxygen atoms in total. The third-order valence-corrected chi connectivity index (χ3v) is 2.77. The Labute approximate surface area is 106 Å². The molecule has 0 heterocycles. The normalized spacial score (nSPS) is 10.4. The molecule has 18 heavy (non-hydrogen) atoms. The van der Waals surface area contributed by atoms with E-state index in [1.807, 2.05) is 0 Å². The number of amides is 1. The first-order chi connectivity index (χ1) is 8.56. The van der Waals surface area contributed by atoms with Crippen LogP contribution in [0.5, 0.6) is 0 Å². The van der Waals surface area contributed by atoms with Crippen LogP contribution in [0.15, 0.2) is 12.1 Å². The number of aliphatic hydroxyl groups is 1. The van der Waals surface area contributed by atoms with Gasteiger partial charge in [-0.2, -0.15) is 0 Å². The summed E-state index contributed by atoms with van der Waals surface area (Å²) in [6.07, 6.45) is 2.36. The van der Waals surface area contributed by atoms with Crippen LogP contribution in [0.3, 0.4) is 0 Å². The molecule has 0 saturated carbocycles. The summed E-state index contributed by atoms with van der Waals surface area (Å²) in [5.41, 5.74) is 6.47. The van der Waals surface area contributed by atoms with E-state index in [9.17, 15) is 9.18 Å². The van der Waals surface area contributed by atoms with Crippen LogP contribution in [0.4, 0.5) is 10.1 Å². The molecule has 0 aliphatic carbocycles. The van der Waals surface area contributed by atoms with Crippen molar-refractivity contribution in [3.05, 3.63) is 29.1 Å². The van der Waals surface area contributed by atoms with Crippen LogP contribution >= 0.6 is 0 Å². The fourth-order valence-electron chi connectivity index (χ4n) is 1.55. The van der Waals surface area contributed by atoms with Gasteiger partial charge >= 0.3 is 0 Å². The Kier molecular flexibility index (Phi) is 5.58. The lowest BCUT2D eigenvalue weighted by molar-refractivity contribution is 0.0952. The van der Waals surface area contributed by atoms with Crippen LogP contribution < -0.4 is 11.1 Å². The number of carbonyl (C=O) groups is 1. The minimum Gasteiger partial charge on any atom is -0.398 e. The number of benzene rings is 1. The molecule has 0 saturated heterocycles. The van der Waals surface area contributed by atoms with Crippen LogP contribution in [0.25, 0.3) is 0 Å². The third-order valence-electron chi connectivity index (χ3n) is 2.77. The average Bonchev–Trinajstić information content (AvgIpc) is 2.34. The number of nitrogens with two attached hydrogens (primary N) is 1. The number of nitrogens with one attached hydrogen (secondary N) is 1. The Hall–Kier alpha value is -1.62. The first-order valence-corrected chi connectivity index (χ1v) is 6.01. The van der Waals surface area contributed by atoms with E-state index >= 15 is 0 Å². The van der Waals surface area contributed by atoms with Crippen LogP contribution in [0, 0.1) is 12.7 Å². The fourth-order valence-corrected chi connectivity index (χ4v) is 1.55. The number of rotatable bonds is 6. The second-order valence-corrected chi connectivity index (χ2v) is 4.21. The van der Waals surface area contributed by atoms with Crippen molar-refractivity contribution in [1.82, 2.24) is 5.32 Å². The van der Waals surface area contributed by atoms with Crippen molar-refractivity contribution in [2.75, 3.05) is 18.9 Å². The highest BCUT2D eigenvalue weighted by Gasteiger charge is 2.10. The quantitative estimate of drug-likeness (QED) is 0.533. The highest BCUT2D eigenvalue weighted by Crippen LogP contribution is 2.17. The van der Waals surface area contributed by atoms with E-state index < -0.39 is 5.82 Å². The molecule has 100 valence electrons. The SMILES string of the molecule is Cc1c(N)cc(C(=O)NCCCCCO)cc1F. The minimum atomic E-state index is -0.472. The van der Waals surface area contributed by atoms with E-state index in [4.69, 9.17) is 10.8 Å². The highest BCUT2D eigenvalue weighted by molar-refractivity contribution is 5.95. The number of halogens is 1. The summed E-state index contributed by atoms with van der Waals surface area (Å²) in [7, 11) is 0. The van der Waals surface area contributed by atoms with Gasteiger partial charge in [0.25, 0.3) is 5.91 Å². The fraction of sp³-hybridized carbons (Fsp3) is 0.462. The molecule has 1 rings (SSSR count). The van der Waals surface area contributed by atoms with Crippen molar-refractivity contribution < 1.29 is 14.3 Å². The van der Waals surface area contributed by atoms with Crippen LogP contribution in [-0.4, -0.2) is 24.2 Å². The van der Waals surface area contributed by atoms with Gasteiger partial charge in [0, 0.05) is 30.0 Å². The summed E-state index contributed by atoms with van der Waals surface area (Å²) in [6.45, 7) is 2.24. The molecule has 1 aromatic rings. The summed E-state index contributed by atoms with van der Waals surface area (Å²) in [5, 5.41) is 11.3. The van der Waals surface area contributed by atoms with Crippen molar-refractivity contribution in [2.45, 2.75) is 26.2 Å². The maximum Gasteiger partial charge on any atom is 0.251 e. The van der Waals surface area contributed by atoms with Gasteiger partial charge in [-0.1, -0.05) is 0 Å². The van der Waals surface area contributed by atoms with E-state index in [1.54, 1.807) is 6.92 Å². The predicted molar refractivity (Wildman–Crippen MR) is 68.8 cm³/mol. The highest BCUT2D eigenvalue weighted by atomic mass is 19.1. The number of hydrogen-bond acceptors (Lipinski definition) is 3. The standard InChI is InChI=1S/C13H19FN2O2/c1-9-11(14)7-10(8-12(9)15)13(18)16-5-3-2-4-6-17/h7-8,17H,2-6,15H2,1H3,(H,16,18). The van der Waals surface area contributed by atoms with E-state index in [0.29, 0.717) is 12.1 Å². The molecular weight excluding hydrogens is 235 g/mol. The lowest BCUT2D eigenvalue weighted by Crippen LogP contribution is -2.24. The second-order valence-electron chi connectivity index (χ2n) is 4.21. The number of anilines is 1. The van der Waals surface area contributed by atoms with Gasteiger partial charge in [-0.15, -0.1) is 0 Å². The smallest absolute Gasteiger partial charge is 0.251 e. The van der Waals surface area contributed by atoms with Gasteiger partial charge in [-0.05, 0) is 38.3 Å². The molecule has 0 bridgehead atoms. The Morgan fingerprint density at radius 2 is 2.11 bits per heavy atom. The lowest BCUT2D eigenvalue weighted by atomic mass is 10.1. The van der Waals surface area contributed by atoms with Gasteiger partial charge in [-0.25, -0.2) is 4.39 Å². The van der Waals surface area contributed by atoms with Crippen LogP contribution in [0.2, 0.25) is 0 Å². The van der Waals surface area contributed by atoms with Crippen molar-refractivity contribution in [1.29, 1.82) is 0 Å². The molecule has 0 spiro atoms. The Morgan fingerprint density at radius 3 is 2.72 bits per heavy atom. The van der Waals surface area contributed by atoms with Gasteiger partial charge in [0.15, 0.2) is 0 Å². The number of nitrogen functional groups attached to an aromatic ring is 1. The van der Waals surface area contributed by atoms with Crippen molar-refractivity contribution >= 4 is 11.6 Å². The number of unbranched alkanes of at least 4 members (excludes halogenated alkanes) is 2. The maximum atomic E-state index is 13.4. The number of carbonyl (C=O) groups excluding carboxylic acids is 1. The predicted octanol–water partition coefficient (Wildman–Crippen LogP) is 1.61. The molecule has 1 aromatic carbocycles. The monoisotopic (exact) mass is 254 g/mol. The third kappa shape index (κ3) is 4.00. The van der Waals surface area contributed by atoms with Crippen molar-refractivity contribution in [2.24, 2.45) is 0 Å². The number of aliphatic hydroxyl groups excluding tert-OH is 1. The van der Waals surface area contributed by atoms with Gasteiger partial charge < -0.3 is 16.2 Å².